The van der Waals surface area contributed by atoms with Crippen LogP contribution in [0, 0.1) is 11.7 Å². The van der Waals surface area contributed by atoms with Crippen LogP contribution < -0.4 is 10.2 Å². The summed E-state index contributed by atoms with van der Waals surface area (Å²) >= 11 is 0. The van der Waals surface area contributed by atoms with Crippen molar-refractivity contribution in [1.82, 2.24) is 9.97 Å². The van der Waals surface area contributed by atoms with E-state index in [1.54, 1.807) is 6.07 Å². The summed E-state index contributed by atoms with van der Waals surface area (Å²) < 4.78 is 14.0. The van der Waals surface area contributed by atoms with Gasteiger partial charge in [0.15, 0.2) is 0 Å². The van der Waals surface area contributed by atoms with Gasteiger partial charge in [-0.1, -0.05) is 67.6 Å². The SMILES string of the molecule is CC1CCN(c2nc(NCC(c3ccccc3)c3ccccc3)nc3cc(F)ccc23)C1. The molecule has 1 aliphatic rings. The molecule has 1 saturated heterocycles. The maximum absolute atomic E-state index is 14.0. The average molecular weight is 427 g/mol. The highest BCUT2D eigenvalue weighted by molar-refractivity contribution is 5.90. The second kappa shape index (κ2) is 8.95. The van der Waals surface area contributed by atoms with Crippen molar-refractivity contribution in [1.29, 1.82) is 0 Å². The molecule has 0 bridgehead atoms. The van der Waals surface area contributed by atoms with Crippen molar-refractivity contribution >= 4 is 22.7 Å². The van der Waals surface area contributed by atoms with Crippen molar-refractivity contribution in [3.8, 4) is 0 Å². The molecule has 1 N–H and O–H groups in total. The van der Waals surface area contributed by atoms with E-state index in [0.29, 0.717) is 23.9 Å². The van der Waals surface area contributed by atoms with Crippen LogP contribution in [0.5, 0.6) is 0 Å². The summed E-state index contributed by atoms with van der Waals surface area (Å²) in [4.78, 5) is 11.8. The maximum atomic E-state index is 14.0. The molecule has 5 heteroatoms. The molecule has 5 rings (SSSR count). The van der Waals surface area contributed by atoms with Gasteiger partial charge in [-0.05, 0) is 35.6 Å². The predicted molar refractivity (Wildman–Crippen MR) is 129 cm³/mol. The highest BCUT2D eigenvalue weighted by Crippen LogP contribution is 2.31. The number of hydrogen-bond acceptors (Lipinski definition) is 4. The number of nitrogens with one attached hydrogen (secondary N) is 1. The van der Waals surface area contributed by atoms with Gasteiger partial charge in [-0.25, -0.2) is 9.37 Å². The summed E-state index contributed by atoms with van der Waals surface area (Å²) in [5, 5.41) is 4.35. The van der Waals surface area contributed by atoms with Gasteiger partial charge in [-0.2, -0.15) is 4.98 Å². The molecule has 4 nitrogen and oxygen atoms in total. The Bertz CT molecular complexity index is 1160. The highest BCUT2D eigenvalue weighted by atomic mass is 19.1. The Balaban J connectivity index is 1.49. The fourth-order valence-corrected chi connectivity index (χ4v) is 4.53. The standard InChI is InChI=1S/C27H27FN4/c1-19-14-15-32(18-19)26-23-13-12-22(28)16-25(23)30-27(31-26)29-17-24(20-8-4-2-5-9-20)21-10-6-3-7-11-21/h2-13,16,19,24H,14-15,17-18H2,1H3,(H,29,30,31). The first-order valence-corrected chi connectivity index (χ1v) is 11.2. The minimum atomic E-state index is -0.283. The van der Waals surface area contributed by atoms with Crippen molar-refractivity contribution < 1.29 is 4.39 Å². The van der Waals surface area contributed by atoms with E-state index in [4.69, 9.17) is 4.98 Å². The van der Waals surface area contributed by atoms with E-state index in [-0.39, 0.29) is 11.7 Å². The Labute approximate surface area is 188 Å². The first-order valence-electron chi connectivity index (χ1n) is 11.2. The lowest BCUT2D eigenvalue weighted by molar-refractivity contribution is 0.629. The summed E-state index contributed by atoms with van der Waals surface area (Å²) in [7, 11) is 0. The van der Waals surface area contributed by atoms with Crippen molar-refractivity contribution in [3.63, 3.8) is 0 Å². The van der Waals surface area contributed by atoms with Gasteiger partial charge in [-0.3, -0.25) is 0 Å². The summed E-state index contributed by atoms with van der Waals surface area (Å²) in [6.07, 6.45) is 1.14. The van der Waals surface area contributed by atoms with Gasteiger partial charge in [-0.15, -0.1) is 0 Å². The van der Waals surface area contributed by atoms with Crippen molar-refractivity contribution in [2.24, 2.45) is 5.92 Å². The van der Waals surface area contributed by atoms with E-state index in [1.807, 2.05) is 12.1 Å². The van der Waals surface area contributed by atoms with Crippen molar-refractivity contribution in [2.75, 3.05) is 29.9 Å². The van der Waals surface area contributed by atoms with Crippen LogP contribution in [0.3, 0.4) is 0 Å². The van der Waals surface area contributed by atoms with Crippen LogP contribution in [0.25, 0.3) is 10.9 Å². The molecule has 0 amide bonds. The number of anilines is 2. The topological polar surface area (TPSA) is 41.1 Å². The number of halogens is 1. The van der Waals surface area contributed by atoms with Crippen LogP contribution in [0.4, 0.5) is 16.2 Å². The Hall–Kier alpha value is -3.47. The van der Waals surface area contributed by atoms with E-state index in [0.717, 1.165) is 30.7 Å². The van der Waals surface area contributed by atoms with Crippen molar-refractivity contribution in [3.05, 3.63) is 95.8 Å². The monoisotopic (exact) mass is 426 g/mol. The predicted octanol–water partition coefficient (Wildman–Crippen LogP) is 5.86. The summed E-state index contributed by atoms with van der Waals surface area (Å²) in [5.74, 6) is 1.92. The van der Waals surface area contributed by atoms with Crippen LogP contribution in [-0.2, 0) is 0 Å². The first-order chi connectivity index (χ1) is 15.7. The third-order valence-corrected chi connectivity index (χ3v) is 6.23. The number of nitrogens with zero attached hydrogens (tertiary/aromatic N) is 3. The van der Waals surface area contributed by atoms with Gasteiger partial charge in [0, 0.05) is 37.0 Å². The smallest absolute Gasteiger partial charge is 0.225 e. The molecule has 0 saturated carbocycles. The summed E-state index contributed by atoms with van der Waals surface area (Å²) in [5.41, 5.74) is 3.09. The normalized spacial score (nSPS) is 16.1. The zero-order valence-corrected chi connectivity index (χ0v) is 18.2. The molecule has 0 spiro atoms. The molecule has 1 atom stereocenters. The molecule has 0 radical (unpaired) electrons. The molecule has 1 aliphatic heterocycles. The molecule has 4 aromatic rings. The molecule has 1 fully saturated rings. The molecule has 32 heavy (non-hydrogen) atoms. The van der Waals surface area contributed by atoms with Gasteiger partial charge in [0.2, 0.25) is 5.95 Å². The molecule has 3 aromatic carbocycles. The minimum Gasteiger partial charge on any atom is -0.356 e. The van der Waals surface area contributed by atoms with E-state index in [2.05, 4.69) is 70.7 Å². The van der Waals surface area contributed by atoms with Gasteiger partial charge in [0.1, 0.15) is 11.6 Å². The number of fused-ring (bicyclic) bond motifs is 1. The molecule has 1 aromatic heterocycles. The van der Waals surface area contributed by atoms with Gasteiger partial charge >= 0.3 is 0 Å². The van der Waals surface area contributed by atoms with Gasteiger partial charge < -0.3 is 10.2 Å². The highest BCUT2D eigenvalue weighted by Gasteiger charge is 2.23. The molecular formula is C27H27FN4. The van der Waals surface area contributed by atoms with Gasteiger partial charge in [0.25, 0.3) is 0 Å². The maximum Gasteiger partial charge on any atom is 0.225 e. The lowest BCUT2D eigenvalue weighted by atomic mass is 9.91. The first kappa shape index (κ1) is 20.4. The molecule has 0 aliphatic carbocycles. The summed E-state index contributed by atoms with van der Waals surface area (Å²) in [6, 6.07) is 25.7. The Kier molecular flexibility index (Phi) is 5.71. The van der Waals surface area contributed by atoms with Gasteiger partial charge in [0.05, 0.1) is 5.52 Å². The molecular weight excluding hydrogens is 399 g/mol. The number of aromatic nitrogens is 2. The zero-order chi connectivity index (χ0) is 21.9. The van der Waals surface area contributed by atoms with Crippen LogP contribution in [0.2, 0.25) is 0 Å². The molecule has 1 unspecified atom stereocenters. The quantitative estimate of drug-likeness (QED) is 0.419. The van der Waals surface area contributed by atoms with Crippen LogP contribution in [0.1, 0.15) is 30.4 Å². The Morgan fingerprint density at radius 1 is 0.969 bits per heavy atom. The molecule has 2 heterocycles. The van der Waals surface area contributed by atoms with Crippen molar-refractivity contribution in [2.45, 2.75) is 19.3 Å². The van der Waals surface area contributed by atoms with Crippen LogP contribution >= 0.6 is 0 Å². The van der Waals surface area contributed by atoms with Crippen LogP contribution in [-0.4, -0.2) is 29.6 Å². The van der Waals surface area contributed by atoms with E-state index >= 15 is 0 Å². The van der Waals surface area contributed by atoms with Crippen LogP contribution in [0.15, 0.2) is 78.9 Å². The average Bonchev–Trinajstić information content (AvgIpc) is 3.26. The second-order valence-electron chi connectivity index (χ2n) is 8.63. The lowest BCUT2D eigenvalue weighted by Gasteiger charge is -2.22. The fourth-order valence-electron chi connectivity index (χ4n) is 4.53. The number of benzene rings is 3. The minimum absolute atomic E-state index is 0.152. The second-order valence-corrected chi connectivity index (χ2v) is 8.63. The van der Waals surface area contributed by atoms with E-state index in [1.165, 1.54) is 23.3 Å². The third kappa shape index (κ3) is 4.28. The zero-order valence-electron chi connectivity index (χ0n) is 18.2. The molecule has 162 valence electrons. The van der Waals surface area contributed by atoms with E-state index in [9.17, 15) is 4.39 Å². The fraction of sp³-hybridized carbons (Fsp3) is 0.259. The third-order valence-electron chi connectivity index (χ3n) is 6.23. The number of rotatable bonds is 6. The Morgan fingerprint density at radius 3 is 2.28 bits per heavy atom. The van der Waals surface area contributed by atoms with E-state index < -0.39 is 0 Å². The largest absolute Gasteiger partial charge is 0.356 e. The lowest BCUT2D eigenvalue weighted by Crippen LogP contribution is -2.22. The number of hydrogen-bond donors (Lipinski definition) is 1. The Morgan fingerprint density at radius 2 is 1.66 bits per heavy atom. The summed E-state index contributed by atoms with van der Waals surface area (Å²) in [6.45, 7) is 4.82.